The van der Waals surface area contributed by atoms with Crippen LogP contribution in [0.25, 0.3) is 0 Å². The summed E-state index contributed by atoms with van der Waals surface area (Å²) in [7, 11) is 0. The van der Waals surface area contributed by atoms with Gasteiger partial charge in [-0.25, -0.2) is 0 Å². The van der Waals surface area contributed by atoms with Crippen LogP contribution in [-0.4, -0.2) is 301 Å². The van der Waals surface area contributed by atoms with Crippen molar-refractivity contribution in [2.24, 2.45) is 51.2 Å². The fourth-order valence-corrected chi connectivity index (χ4v) is 18.0. The van der Waals surface area contributed by atoms with E-state index in [9.17, 15) is 97.0 Å². The van der Waals surface area contributed by atoms with Gasteiger partial charge in [-0.1, -0.05) is 39.3 Å². The maximum absolute atomic E-state index is 12.7. The van der Waals surface area contributed by atoms with Crippen molar-refractivity contribution >= 4 is 0 Å². The molecule has 0 aromatic rings. The van der Waals surface area contributed by atoms with Gasteiger partial charge in [-0.15, -0.1) is 0 Å². The molecule has 6 aliphatic carbocycles. The van der Waals surface area contributed by atoms with Crippen molar-refractivity contribution < 1.29 is 154 Å². The van der Waals surface area contributed by atoms with Gasteiger partial charge in [0.15, 0.2) is 25.2 Å². The highest BCUT2D eigenvalue weighted by Crippen LogP contribution is 2.89. The minimum atomic E-state index is -1.95. The maximum Gasteiger partial charge on any atom is 0.187 e. The van der Waals surface area contributed by atoms with Crippen LogP contribution in [0.15, 0.2) is 11.6 Å². The summed E-state index contributed by atoms with van der Waals surface area (Å²) in [5, 5.41) is 205. The molecule has 2 spiro atoms. The van der Waals surface area contributed by atoms with Crippen LogP contribution in [-0.2, 0) is 42.6 Å². The topological polar surface area (TPSA) is 467 Å². The zero-order valence-electron chi connectivity index (χ0n) is 50.8. The van der Waals surface area contributed by atoms with Crippen LogP contribution in [0.2, 0.25) is 0 Å². The molecule has 10 aliphatic rings. The molecule has 0 amide bonds. The van der Waals surface area contributed by atoms with Crippen LogP contribution in [0.5, 0.6) is 0 Å². The van der Waals surface area contributed by atoms with E-state index in [1.54, 1.807) is 0 Å². The smallest absolute Gasteiger partial charge is 0.187 e. The Kier molecular flexibility index (Phi) is 20.8. The first-order valence-corrected chi connectivity index (χ1v) is 31.6. The predicted molar refractivity (Wildman–Crippen MR) is 318 cm³/mol. The van der Waals surface area contributed by atoms with Crippen molar-refractivity contribution in [1.29, 1.82) is 0 Å². The van der Waals surface area contributed by atoms with Crippen LogP contribution in [0.3, 0.4) is 0 Å². The SMILES string of the molecule is C[C@H](CCC(O[C@@H]1O[C@H](CO[C@H]2O[C@H](CO)[C@@H](O)[C@@H](O)[C@H]2O)[C@H](O)[C@H](O)[C@@H]1O[C@@H]1O[C@@H](CO)[C@H](O)[C@H](O)[C@@H]1O)C(C)(C)O)[C@H]1CC[C@@]23C[C@@]24CC=C2[C@@H](CC[C@@H](O[C@H]5OC(CO[C@@H]6C[C@H](CO)[C@H](O)[C@H](O)[C@@H]6O)[C@@H](O)[C@H](O)[C@H]5O)C2(C)C)C4[C@H](O)C[C@]13C.[HH].[HH].[HH].[HH].[HH].[HH].[HH].[HH].[HH].[HH]. The van der Waals surface area contributed by atoms with Crippen LogP contribution in [0, 0.1) is 51.2 Å². The molecule has 28 nitrogen and oxygen atoms in total. The van der Waals surface area contributed by atoms with Gasteiger partial charge in [0.1, 0.15) is 110 Å². The summed E-state index contributed by atoms with van der Waals surface area (Å²) in [6.07, 6.45) is -33.0. The normalized spacial score (nSPS) is 52.6. The molecule has 35 atom stereocenters. The van der Waals surface area contributed by atoms with E-state index in [2.05, 4.69) is 33.8 Å². The number of aliphatic hydroxyl groups is 19. The Morgan fingerprint density at radius 3 is 1.73 bits per heavy atom. The van der Waals surface area contributed by atoms with Gasteiger partial charge in [0.2, 0.25) is 0 Å². The molecular weight excluding hydrogens is 1170 g/mol. The van der Waals surface area contributed by atoms with Gasteiger partial charge < -0.3 is 140 Å². The Morgan fingerprint density at radius 2 is 1.12 bits per heavy atom. The highest BCUT2D eigenvalue weighted by Gasteiger charge is 2.83. The van der Waals surface area contributed by atoms with E-state index in [4.69, 9.17) is 42.6 Å². The lowest BCUT2D eigenvalue weighted by atomic mass is 9.48. The summed E-state index contributed by atoms with van der Waals surface area (Å²) in [5.41, 5.74) is -1.67. The van der Waals surface area contributed by atoms with E-state index in [1.807, 2.05) is 0 Å². The lowest BCUT2D eigenvalue weighted by Gasteiger charge is -2.58. The number of hydrogen-bond acceptors (Lipinski definition) is 28. The Hall–Kier alpha value is -1.38. The molecule has 4 saturated heterocycles. The van der Waals surface area contributed by atoms with Gasteiger partial charge in [0, 0.05) is 32.2 Å². The van der Waals surface area contributed by atoms with Gasteiger partial charge >= 0.3 is 0 Å². The lowest BCUT2D eigenvalue weighted by molar-refractivity contribution is -0.380. The molecule has 10 rings (SSSR count). The van der Waals surface area contributed by atoms with Crippen molar-refractivity contribution in [3.8, 4) is 0 Å². The number of aliphatic hydroxyl groups excluding tert-OH is 18. The van der Waals surface area contributed by atoms with Crippen LogP contribution in [0.1, 0.15) is 120 Å². The minimum absolute atomic E-state index is 0. The third-order valence-corrected chi connectivity index (χ3v) is 23.2. The molecule has 0 aromatic carbocycles. The van der Waals surface area contributed by atoms with E-state index < -0.39 is 209 Å². The zero-order valence-corrected chi connectivity index (χ0v) is 50.8. The van der Waals surface area contributed by atoms with Crippen molar-refractivity contribution in [3.63, 3.8) is 0 Å². The van der Waals surface area contributed by atoms with E-state index >= 15 is 0 Å². The Morgan fingerprint density at radius 1 is 0.591 bits per heavy atom. The highest BCUT2D eigenvalue weighted by atomic mass is 16.8. The van der Waals surface area contributed by atoms with Gasteiger partial charge in [0.25, 0.3) is 0 Å². The maximum atomic E-state index is 12.7. The van der Waals surface area contributed by atoms with E-state index in [-0.39, 0.29) is 73.6 Å². The van der Waals surface area contributed by atoms with Gasteiger partial charge in [0.05, 0.1) is 62.5 Å². The number of rotatable bonds is 20. The average molecular weight is 1290 g/mol. The molecule has 5 saturated carbocycles. The summed E-state index contributed by atoms with van der Waals surface area (Å²) in [5.74, 6) is -0.684. The molecule has 3 unspecified atom stereocenters. The van der Waals surface area contributed by atoms with Gasteiger partial charge in [-0.05, 0) is 118 Å². The third-order valence-electron chi connectivity index (χ3n) is 23.2. The first-order valence-electron chi connectivity index (χ1n) is 31.6. The Bertz CT molecular complexity index is 2410. The Balaban J connectivity index is 0.00000941. The van der Waals surface area contributed by atoms with E-state index in [1.165, 1.54) is 13.8 Å². The predicted octanol–water partition coefficient (Wildman–Crippen LogP) is -2.92. The number of ether oxygens (including phenoxy) is 9. The molecule has 4 aliphatic heterocycles. The van der Waals surface area contributed by atoms with Crippen LogP contribution >= 0.6 is 0 Å². The second-order valence-electron chi connectivity index (χ2n) is 28.9. The van der Waals surface area contributed by atoms with Crippen LogP contribution in [0.4, 0.5) is 0 Å². The van der Waals surface area contributed by atoms with Crippen molar-refractivity contribution in [3.05, 3.63) is 11.6 Å². The summed E-state index contributed by atoms with van der Waals surface area (Å²) in [4.78, 5) is 0. The molecule has 28 heteroatoms. The highest BCUT2D eigenvalue weighted by molar-refractivity contribution is 5.38. The average Bonchev–Trinajstić information content (AvgIpc) is 1.46. The van der Waals surface area contributed by atoms with Gasteiger partial charge in [-0.3, -0.25) is 0 Å². The quantitative estimate of drug-likeness (QED) is 0.0543. The van der Waals surface area contributed by atoms with Crippen molar-refractivity contribution in [2.45, 2.75) is 277 Å². The fourth-order valence-electron chi connectivity index (χ4n) is 18.0. The zero-order chi connectivity index (χ0) is 64.2. The van der Waals surface area contributed by atoms with Gasteiger partial charge in [-0.2, -0.15) is 0 Å². The summed E-state index contributed by atoms with van der Waals surface area (Å²) >= 11 is 0. The first kappa shape index (κ1) is 69.4. The van der Waals surface area contributed by atoms with Crippen molar-refractivity contribution in [2.75, 3.05) is 33.0 Å². The minimum Gasteiger partial charge on any atom is -0.396 e. The standard InChI is InChI=1S/C60H100O28.10H2/c1-23(7-9-35(57(4,5)79)87-55-51(88-54-50(78)45(73)40(68)31(19-63)83-54)47(75)42(70)33(85-55)21-81-52-48(76)44(72)39(67)30(18-62)82-52)26-12-14-60-22-59(60)13-11-27-25(36(59)28(64)16-58(26,60)6)8-10-34(56(27,2)3)86-53-49(77)46(74)41(69)32(84-53)20-80-29-15-24(17-61)37(65)43(71)38(29)66;;;;;;;;;;/h11,23-26,28-55,61-79H,7-10,12-22H2,1-6H3;10*1H/t23-,24-,25-,26-,28-,29-,30-,31+,32?,33-,34-,35?,36?,37+,38-,39-,40+,41-,42+,43+,44-,45+,46+,47+,48-,49-,50+,51+,52+,53-,54+,55+,58-,59-,60+;;;;;;;;;;/m1........../s1. The molecular formula is C60H120O28. The molecule has 0 bridgehead atoms. The summed E-state index contributed by atoms with van der Waals surface area (Å²) < 4.78 is 54.2. The summed E-state index contributed by atoms with van der Waals surface area (Å²) in [6, 6.07) is 0. The molecule has 9 fully saturated rings. The molecule has 88 heavy (non-hydrogen) atoms. The van der Waals surface area contributed by atoms with Crippen molar-refractivity contribution in [1.82, 2.24) is 0 Å². The number of hydrogen-bond donors (Lipinski definition) is 19. The van der Waals surface area contributed by atoms with Crippen LogP contribution < -0.4 is 0 Å². The third kappa shape index (κ3) is 12.0. The lowest BCUT2D eigenvalue weighted by Crippen LogP contribution is -2.65. The molecule has 4 heterocycles. The second kappa shape index (κ2) is 26.3. The molecule has 19 N–H and O–H groups in total. The molecule has 0 radical (unpaired) electrons. The molecule has 528 valence electrons. The second-order valence-corrected chi connectivity index (χ2v) is 28.9. The van der Waals surface area contributed by atoms with E-state index in [0.29, 0.717) is 25.7 Å². The fraction of sp³-hybridized carbons (Fsp3) is 0.967. The monoisotopic (exact) mass is 1290 g/mol. The largest absolute Gasteiger partial charge is 0.396 e. The molecule has 0 aromatic heterocycles. The first-order chi connectivity index (χ1) is 41.3. The number of allylic oxidation sites excluding steroid dienone is 1. The number of fused-ring (bicyclic) bond motifs is 2. The summed E-state index contributed by atoms with van der Waals surface area (Å²) in [6.45, 7) is 8.57. The Labute approximate surface area is 525 Å². The van der Waals surface area contributed by atoms with E-state index in [0.717, 1.165) is 31.3 Å².